The van der Waals surface area contributed by atoms with Crippen LogP contribution in [0.1, 0.15) is 29.4 Å². The summed E-state index contributed by atoms with van der Waals surface area (Å²) in [5.41, 5.74) is 3.63. The first-order valence-electron chi connectivity index (χ1n) is 6.99. The van der Waals surface area contributed by atoms with Crippen molar-refractivity contribution in [2.75, 3.05) is 17.7 Å². The maximum Gasteiger partial charge on any atom is 0.135 e. The molecule has 0 saturated carbocycles. The van der Waals surface area contributed by atoms with Crippen molar-refractivity contribution in [2.45, 2.75) is 33.7 Å². The van der Waals surface area contributed by atoms with Crippen molar-refractivity contribution in [1.82, 2.24) is 9.97 Å². The van der Waals surface area contributed by atoms with E-state index in [2.05, 4.69) is 58.7 Å². The van der Waals surface area contributed by atoms with Crippen LogP contribution in [0.5, 0.6) is 0 Å². The van der Waals surface area contributed by atoms with E-state index < -0.39 is 0 Å². The summed E-state index contributed by atoms with van der Waals surface area (Å²) in [5.74, 6) is 2.65. The predicted molar refractivity (Wildman–Crippen MR) is 84.2 cm³/mol. The monoisotopic (exact) mass is 270 g/mol. The highest BCUT2D eigenvalue weighted by molar-refractivity contribution is 5.57. The molecule has 0 amide bonds. The van der Waals surface area contributed by atoms with E-state index in [-0.39, 0.29) is 0 Å². The minimum atomic E-state index is 0.775. The van der Waals surface area contributed by atoms with E-state index in [4.69, 9.17) is 0 Å². The zero-order chi connectivity index (χ0) is 14.5. The van der Waals surface area contributed by atoms with Crippen molar-refractivity contribution in [3.05, 3.63) is 46.8 Å². The number of benzene rings is 1. The molecule has 0 unspecified atom stereocenters. The van der Waals surface area contributed by atoms with Crippen LogP contribution in [0.3, 0.4) is 0 Å². The Morgan fingerprint density at radius 1 is 1.05 bits per heavy atom. The number of aromatic nitrogens is 2. The molecule has 1 heterocycles. The molecular weight excluding hydrogens is 248 g/mol. The van der Waals surface area contributed by atoms with Gasteiger partial charge in [0.2, 0.25) is 0 Å². The zero-order valence-corrected chi connectivity index (χ0v) is 12.6. The van der Waals surface area contributed by atoms with Gasteiger partial charge in [-0.1, -0.05) is 31.2 Å². The molecule has 2 N–H and O–H groups in total. The second-order valence-corrected chi connectivity index (χ2v) is 4.85. The smallest absolute Gasteiger partial charge is 0.135 e. The maximum atomic E-state index is 4.58. The molecule has 0 aliphatic rings. The molecule has 0 atom stereocenters. The SMILES string of the molecule is CCc1nc(NC)c(C)c(NCc2ccccc2C)n1. The van der Waals surface area contributed by atoms with Crippen LogP contribution in [0.25, 0.3) is 0 Å². The number of rotatable bonds is 5. The first-order chi connectivity index (χ1) is 9.65. The number of nitrogens with one attached hydrogen (secondary N) is 2. The molecule has 0 spiro atoms. The van der Waals surface area contributed by atoms with E-state index in [1.807, 2.05) is 14.0 Å². The molecule has 2 rings (SSSR count). The second kappa shape index (κ2) is 6.37. The van der Waals surface area contributed by atoms with Crippen LogP contribution >= 0.6 is 0 Å². The summed E-state index contributed by atoms with van der Waals surface area (Å²) >= 11 is 0. The summed E-state index contributed by atoms with van der Waals surface area (Å²) in [4.78, 5) is 9.06. The van der Waals surface area contributed by atoms with Gasteiger partial charge < -0.3 is 10.6 Å². The first-order valence-corrected chi connectivity index (χ1v) is 6.99. The fourth-order valence-electron chi connectivity index (χ4n) is 2.12. The predicted octanol–water partition coefficient (Wildman–Crippen LogP) is 3.31. The van der Waals surface area contributed by atoms with Gasteiger partial charge in [-0.15, -0.1) is 0 Å². The van der Waals surface area contributed by atoms with Crippen molar-refractivity contribution in [3.63, 3.8) is 0 Å². The molecular formula is C16H22N4. The Morgan fingerprint density at radius 3 is 2.40 bits per heavy atom. The highest BCUT2D eigenvalue weighted by atomic mass is 15.1. The largest absolute Gasteiger partial charge is 0.373 e. The quantitative estimate of drug-likeness (QED) is 0.875. The number of hydrogen-bond acceptors (Lipinski definition) is 4. The molecule has 4 nitrogen and oxygen atoms in total. The molecule has 0 aliphatic heterocycles. The molecule has 4 heteroatoms. The van der Waals surface area contributed by atoms with E-state index in [1.165, 1.54) is 11.1 Å². The van der Waals surface area contributed by atoms with E-state index >= 15 is 0 Å². The number of aryl methyl sites for hydroxylation is 2. The highest BCUT2D eigenvalue weighted by Gasteiger charge is 2.09. The van der Waals surface area contributed by atoms with Gasteiger partial charge in [0.15, 0.2) is 0 Å². The highest BCUT2D eigenvalue weighted by Crippen LogP contribution is 2.20. The van der Waals surface area contributed by atoms with E-state index in [0.717, 1.165) is 36.0 Å². The lowest BCUT2D eigenvalue weighted by atomic mass is 10.1. The fraction of sp³-hybridized carbons (Fsp3) is 0.375. The Bertz CT molecular complexity index is 593. The molecule has 0 fully saturated rings. The minimum absolute atomic E-state index is 0.775. The van der Waals surface area contributed by atoms with E-state index in [9.17, 15) is 0 Å². The van der Waals surface area contributed by atoms with Crippen LogP contribution in [-0.2, 0) is 13.0 Å². The number of anilines is 2. The van der Waals surface area contributed by atoms with Crippen LogP contribution in [0.15, 0.2) is 24.3 Å². The van der Waals surface area contributed by atoms with Crippen LogP contribution in [0.4, 0.5) is 11.6 Å². The summed E-state index contributed by atoms with van der Waals surface area (Å²) in [7, 11) is 1.89. The zero-order valence-electron chi connectivity index (χ0n) is 12.6. The fourth-order valence-corrected chi connectivity index (χ4v) is 2.12. The minimum Gasteiger partial charge on any atom is -0.373 e. The molecule has 106 valence electrons. The summed E-state index contributed by atoms with van der Waals surface area (Å²) in [5, 5.41) is 6.56. The summed E-state index contributed by atoms with van der Waals surface area (Å²) in [6, 6.07) is 8.38. The topological polar surface area (TPSA) is 49.8 Å². The van der Waals surface area contributed by atoms with Crippen molar-refractivity contribution < 1.29 is 0 Å². The van der Waals surface area contributed by atoms with E-state index in [1.54, 1.807) is 0 Å². The number of hydrogen-bond donors (Lipinski definition) is 2. The Kier molecular flexibility index (Phi) is 4.56. The lowest BCUT2D eigenvalue weighted by Gasteiger charge is -2.14. The molecule has 1 aromatic carbocycles. The Morgan fingerprint density at radius 2 is 1.75 bits per heavy atom. The molecule has 2 aromatic rings. The van der Waals surface area contributed by atoms with Gasteiger partial charge in [-0.05, 0) is 25.0 Å². The van der Waals surface area contributed by atoms with Crippen LogP contribution in [0.2, 0.25) is 0 Å². The van der Waals surface area contributed by atoms with Crippen LogP contribution in [0, 0.1) is 13.8 Å². The van der Waals surface area contributed by atoms with Gasteiger partial charge in [0.25, 0.3) is 0 Å². The first kappa shape index (κ1) is 14.3. The van der Waals surface area contributed by atoms with Gasteiger partial charge in [-0.2, -0.15) is 0 Å². The van der Waals surface area contributed by atoms with Crippen molar-refractivity contribution in [1.29, 1.82) is 0 Å². The molecule has 20 heavy (non-hydrogen) atoms. The van der Waals surface area contributed by atoms with Gasteiger partial charge in [0, 0.05) is 25.6 Å². The molecule has 0 aliphatic carbocycles. The molecule has 1 aromatic heterocycles. The van der Waals surface area contributed by atoms with Gasteiger partial charge in [0.05, 0.1) is 0 Å². The summed E-state index contributed by atoms with van der Waals surface area (Å²) < 4.78 is 0. The van der Waals surface area contributed by atoms with Gasteiger partial charge >= 0.3 is 0 Å². The van der Waals surface area contributed by atoms with Crippen LogP contribution < -0.4 is 10.6 Å². The standard InChI is InChI=1S/C16H22N4/c1-5-14-19-15(17-4)12(3)16(20-14)18-10-13-9-7-6-8-11(13)2/h6-9H,5,10H2,1-4H3,(H2,17,18,19,20). The average Bonchev–Trinajstić information content (AvgIpc) is 2.47. The molecule has 0 bridgehead atoms. The normalized spacial score (nSPS) is 10.4. The Hall–Kier alpha value is -2.10. The second-order valence-electron chi connectivity index (χ2n) is 4.85. The molecule has 0 radical (unpaired) electrons. The third kappa shape index (κ3) is 3.07. The lowest BCUT2D eigenvalue weighted by Crippen LogP contribution is -2.10. The number of nitrogens with zero attached hydrogens (tertiary/aromatic N) is 2. The van der Waals surface area contributed by atoms with Crippen molar-refractivity contribution in [3.8, 4) is 0 Å². The van der Waals surface area contributed by atoms with Gasteiger partial charge in [-0.25, -0.2) is 9.97 Å². The molecule has 0 saturated heterocycles. The van der Waals surface area contributed by atoms with Gasteiger partial charge in [-0.3, -0.25) is 0 Å². The summed E-state index contributed by atoms with van der Waals surface area (Å²) in [6.45, 7) is 7.00. The van der Waals surface area contributed by atoms with Crippen molar-refractivity contribution in [2.24, 2.45) is 0 Å². The maximum absolute atomic E-state index is 4.58. The third-order valence-corrected chi connectivity index (χ3v) is 3.45. The van der Waals surface area contributed by atoms with Gasteiger partial charge in [0.1, 0.15) is 17.5 Å². The Labute approximate surface area is 120 Å². The summed E-state index contributed by atoms with van der Waals surface area (Å²) in [6.07, 6.45) is 0.827. The lowest BCUT2D eigenvalue weighted by molar-refractivity contribution is 0.923. The average molecular weight is 270 g/mol. The van der Waals surface area contributed by atoms with Crippen molar-refractivity contribution >= 4 is 11.6 Å². The van der Waals surface area contributed by atoms with E-state index in [0.29, 0.717) is 0 Å². The van der Waals surface area contributed by atoms with Crippen LogP contribution in [-0.4, -0.2) is 17.0 Å². The third-order valence-electron chi connectivity index (χ3n) is 3.45. The Balaban J connectivity index is 2.23.